The molecule has 1 amide bonds. The Balaban J connectivity index is 2.12. The standard InChI is InChI=1S/C46H91NO8/c1-3-5-7-9-11-12-13-14-15-16-17-18-19-20-21-22-23-24-25-26-27-28-30-32-34-36-42(50)47-39(40(49)35-33-31-29-10-8-6-4-2)38-54-46-45(53)44(52)43(51)41(37-48)55-46/h39-41,43-46,48-49,51-53H,3-38H2,1-2H3,(H,47,50). The number of unbranched alkanes of at least 4 members (excludes halogenated alkanes) is 30. The molecule has 0 aromatic carbocycles. The summed E-state index contributed by atoms with van der Waals surface area (Å²) in [7, 11) is 0. The average molecular weight is 786 g/mol. The van der Waals surface area contributed by atoms with Crippen LogP contribution in [0.25, 0.3) is 0 Å². The maximum atomic E-state index is 12.9. The molecule has 1 rings (SSSR count). The molecule has 0 bridgehead atoms. The molecule has 1 heterocycles. The van der Waals surface area contributed by atoms with Gasteiger partial charge in [0.05, 0.1) is 25.4 Å². The van der Waals surface area contributed by atoms with E-state index in [1.165, 1.54) is 167 Å². The first-order chi connectivity index (χ1) is 26.8. The number of amides is 1. The fraction of sp³-hybridized carbons (Fsp3) is 0.978. The van der Waals surface area contributed by atoms with Crippen LogP contribution in [-0.2, 0) is 14.3 Å². The molecular formula is C46H91NO8. The molecule has 0 aromatic rings. The lowest BCUT2D eigenvalue weighted by atomic mass is 9.99. The molecule has 7 atom stereocenters. The van der Waals surface area contributed by atoms with Crippen LogP contribution in [0.5, 0.6) is 0 Å². The summed E-state index contributed by atoms with van der Waals surface area (Å²) in [4.78, 5) is 12.9. The minimum atomic E-state index is -1.55. The first-order valence-electron chi connectivity index (χ1n) is 23.7. The summed E-state index contributed by atoms with van der Waals surface area (Å²) in [6.07, 6.45) is 34.4. The van der Waals surface area contributed by atoms with Crippen LogP contribution in [0.4, 0.5) is 0 Å². The molecule has 55 heavy (non-hydrogen) atoms. The van der Waals surface area contributed by atoms with E-state index in [1.54, 1.807) is 0 Å². The van der Waals surface area contributed by atoms with E-state index in [4.69, 9.17) is 9.47 Å². The quantitative estimate of drug-likeness (QED) is 0.0337. The molecule has 0 saturated carbocycles. The second-order valence-electron chi connectivity index (χ2n) is 16.9. The summed E-state index contributed by atoms with van der Waals surface area (Å²) in [5.41, 5.74) is 0. The van der Waals surface area contributed by atoms with E-state index in [0.29, 0.717) is 12.8 Å². The lowest BCUT2D eigenvalue weighted by Gasteiger charge is -2.40. The van der Waals surface area contributed by atoms with Crippen LogP contribution in [0.1, 0.15) is 232 Å². The van der Waals surface area contributed by atoms with E-state index in [2.05, 4.69) is 19.2 Å². The number of aliphatic hydroxyl groups excluding tert-OH is 5. The molecule has 6 N–H and O–H groups in total. The highest BCUT2D eigenvalue weighted by Gasteiger charge is 2.44. The third-order valence-electron chi connectivity index (χ3n) is 11.7. The number of nitrogens with one attached hydrogen (secondary N) is 1. The fourth-order valence-electron chi connectivity index (χ4n) is 7.87. The van der Waals surface area contributed by atoms with Crippen molar-refractivity contribution < 1.29 is 39.8 Å². The summed E-state index contributed by atoms with van der Waals surface area (Å²) >= 11 is 0. The lowest BCUT2D eigenvalue weighted by molar-refractivity contribution is -0.302. The second kappa shape index (κ2) is 37.5. The number of carbonyl (C=O) groups is 1. The van der Waals surface area contributed by atoms with Gasteiger partial charge in [0.25, 0.3) is 0 Å². The van der Waals surface area contributed by atoms with Crippen molar-refractivity contribution in [3.05, 3.63) is 0 Å². The van der Waals surface area contributed by atoms with Gasteiger partial charge in [-0.25, -0.2) is 0 Å². The minimum Gasteiger partial charge on any atom is -0.394 e. The maximum absolute atomic E-state index is 12.9. The molecule has 0 aromatic heterocycles. The predicted molar refractivity (Wildman–Crippen MR) is 226 cm³/mol. The van der Waals surface area contributed by atoms with Gasteiger partial charge < -0.3 is 40.3 Å². The predicted octanol–water partition coefficient (Wildman–Crippen LogP) is 9.95. The molecule has 9 nitrogen and oxygen atoms in total. The summed E-state index contributed by atoms with van der Waals surface area (Å²) in [5, 5.41) is 54.0. The Morgan fingerprint density at radius 3 is 1.29 bits per heavy atom. The topological polar surface area (TPSA) is 149 Å². The van der Waals surface area contributed by atoms with E-state index in [9.17, 15) is 30.3 Å². The van der Waals surface area contributed by atoms with Crippen LogP contribution in [0.15, 0.2) is 0 Å². The van der Waals surface area contributed by atoms with E-state index < -0.39 is 49.5 Å². The number of aliphatic hydroxyl groups is 5. The van der Waals surface area contributed by atoms with Gasteiger partial charge in [-0.05, 0) is 12.8 Å². The van der Waals surface area contributed by atoms with Gasteiger partial charge in [-0.2, -0.15) is 0 Å². The Morgan fingerprint density at radius 1 is 0.545 bits per heavy atom. The highest BCUT2D eigenvalue weighted by atomic mass is 16.7. The van der Waals surface area contributed by atoms with Crippen molar-refractivity contribution in [3.8, 4) is 0 Å². The third kappa shape index (κ3) is 28.3. The Morgan fingerprint density at radius 2 is 0.909 bits per heavy atom. The van der Waals surface area contributed by atoms with Crippen LogP contribution >= 0.6 is 0 Å². The Bertz CT molecular complexity index is 832. The van der Waals surface area contributed by atoms with E-state index >= 15 is 0 Å². The second-order valence-corrected chi connectivity index (χ2v) is 16.9. The molecule has 1 fully saturated rings. The number of hydrogen-bond acceptors (Lipinski definition) is 8. The van der Waals surface area contributed by atoms with Crippen molar-refractivity contribution in [2.45, 2.75) is 275 Å². The zero-order valence-corrected chi connectivity index (χ0v) is 36.0. The van der Waals surface area contributed by atoms with Crippen molar-refractivity contribution in [2.75, 3.05) is 13.2 Å². The van der Waals surface area contributed by atoms with Crippen LogP contribution in [0, 0.1) is 0 Å². The molecular weight excluding hydrogens is 695 g/mol. The van der Waals surface area contributed by atoms with E-state index in [1.807, 2.05) is 0 Å². The molecule has 1 saturated heterocycles. The highest BCUT2D eigenvalue weighted by molar-refractivity contribution is 5.76. The number of hydrogen-bond donors (Lipinski definition) is 6. The van der Waals surface area contributed by atoms with Crippen LogP contribution < -0.4 is 5.32 Å². The SMILES string of the molecule is CCCCCCCCCCCCCCCCCCCCCCCCCCCC(=O)NC(COC1OC(CO)C(O)C(O)C1O)C(O)CCCCCCCCC. The van der Waals surface area contributed by atoms with E-state index in [-0.39, 0.29) is 12.5 Å². The first-order valence-corrected chi connectivity index (χ1v) is 23.7. The monoisotopic (exact) mass is 786 g/mol. The highest BCUT2D eigenvalue weighted by Crippen LogP contribution is 2.23. The molecule has 328 valence electrons. The van der Waals surface area contributed by atoms with E-state index in [0.717, 1.165) is 38.5 Å². The van der Waals surface area contributed by atoms with Crippen molar-refractivity contribution in [1.29, 1.82) is 0 Å². The lowest BCUT2D eigenvalue weighted by Crippen LogP contribution is -2.60. The normalized spacial score (nSPS) is 21.2. The summed E-state index contributed by atoms with van der Waals surface area (Å²) in [6.45, 7) is 3.80. The Hall–Kier alpha value is -0.810. The largest absolute Gasteiger partial charge is 0.394 e. The number of ether oxygens (including phenoxy) is 2. The average Bonchev–Trinajstić information content (AvgIpc) is 3.18. The first kappa shape index (κ1) is 52.2. The molecule has 1 aliphatic rings. The molecule has 1 aliphatic heterocycles. The maximum Gasteiger partial charge on any atom is 0.220 e. The molecule has 9 heteroatoms. The van der Waals surface area contributed by atoms with Crippen molar-refractivity contribution in [1.82, 2.24) is 5.32 Å². The number of carbonyl (C=O) groups excluding carboxylic acids is 1. The van der Waals surface area contributed by atoms with Crippen LogP contribution in [0.2, 0.25) is 0 Å². The Kier molecular flexibility index (Phi) is 35.6. The summed E-state index contributed by atoms with van der Waals surface area (Å²) in [6, 6.07) is -0.709. The molecule has 7 unspecified atom stereocenters. The summed E-state index contributed by atoms with van der Waals surface area (Å²) < 4.78 is 11.2. The van der Waals surface area contributed by atoms with Gasteiger partial charge in [0, 0.05) is 6.42 Å². The van der Waals surface area contributed by atoms with Crippen LogP contribution in [-0.4, -0.2) is 87.5 Å². The van der Waals surface area contributed by atoms with Gasteiger partial charge in [0.15, 0.2) is 6.29 Å². The Labute approximate surface area is 338 Å². The van der Waals surface area contributed by atoms with Gasteiger partial charge in [-0.3, -0.25) is 4.79 Å². The summed E-state index contributed by atoms with van der Waals surface area (Å²) in [5.74, 6) is -0.143. The minimum absolute atomic E-state index is 0.133. The molecule has 0 radical (unpaired) electrons. The van der Waals surface area contributed by atoms with Gasteiger partial charge in [-0.15, -0.1) is 0 Å². The fourth-order valence-corrected chi connectivity index (χ4v) is 7.87. The van der Waals surface area contributed by atoms with Gasteiger partial charge in [-0.1, -0.05) is 213 Å². The zero-order valence-electron chi connectivity index (χ0n) is 36.0. The van der Waals surface area contributed by atoms with Gasteiger partial charge in [0.1, 0.15) is 24.4 Å². The zero-order chi connectivity index (χ0) is 40.2. The molecule has 0 aliphatic carbocycles. The van der Waals surface area contributed by atoms with Gasteiger partial charge in [0.2, 0.25) is 5.91 Å². The van der Waals surface area contributed by atoms with Crippen molar-refractivity contribution in [2.24, 2.45) is 0 Å². The third-order valence-corrected chi connectivity index (χ3v) is 11.7. The smallest absolute Gasteiger partial charge is 0.220 e. The van der Waals surface area contributed by atoms with Crippen molar-refractivity contribution in [3.63, 3.8) is 0 Å². The van der Waals surface area contributed by atoms with Crippen molar-refractivity contribution >= 4 is 5.91 Å². The molecule has 0 spiro atoms. The number of rotatable bonds is 40. The van der Waals surface area contributed by atoms with Gasteiger partial charge >= 0.3 is 0 Å². The van der Waals surface area contributed by atoms with Crippen LogP contribution in [0.3, 0.4) is 0 Å².